The number of carbonyl (C=O) groups excluding carboxylic acids is 3. The third-order valence-corrected chi connectivity index (χ3v) is 3.84. The topological polar surface area (TPSA) is 69.7 Å². The summed E-state index contributed by atoms with van der Waals surface area (Å²) >= 11 is 0. The molecular formula is C20H23N3O3. The molecule has 136 valence electrons. The Labute approximate surface area is 153 Å². The number of likely N-dealkylation sites (N-methyl/N-ethyl adjacent to an activating group) is 1. The van der Waals surface area contributed by atoms with E-state index in [1.54, 1.807) is 29.2 Å². The fourth-order valence-corrected chi connectivity index (χ4v) is 2.67. The molecule has 3 amide bonds. The summed E-state index contributed by atoms with van der Waals surface area (Å²) in [5.74, 6) is -0.630. The Morgan fingerprint density at radius 2 is 1.54 bits per heavy atom. The molecule has 2 aromatic rings. The summed E-state index contributed by atoms with van der Waals surface area (Å²) < 4.78 is 0. The number of rotatable bonds is 6. The van der Waals surface area contributed by atoms with Gasteiger partial charge >= 0.3 is 0 Å². The quantitative estimate of drug-likeness (QED) is 0.868. The maximum Gasteiger partial charge on any atom is 0.247 e. The summed E-state index contributed by atoms with van der Waals surface area (Å²) in [5.41, 5.74) is 1.92. The van der Waals surface area contributed by atoms with Gasteiger partial charge in [-0.05, 0) is 37.3 Å². The number of para-hydroxylation sites is 1. The summed E-state index contributed by atoms with van der Waals surface area (Å²) in [5, 5.41) is 2.68. The first-order chi connectivity index (χ1) is 12.4. The first-order valence-corrected chi connectivity index (χ1v) is 8.43. The number of benzene rings is 2. The van der Waals surface area contributed by atoms with Crippen LogP contribution in [0.15, 0.2) is 54.6 Å². The SMILES string of the molecule is CCN(C(=O)CN(C(C)=O)c1cccc(NC(C)=O)c1)c1ccccc1. The van der Waals surface area contributed by atoms with Gasteiger partial charge in [-0.3, -0.25) is 14.4 Å². The Morgan fingerprint density at radius 3 is 2.12 bits per heavy atom. The van der Waals surface area contributed by atoms with Crippen LogP contribution in [0, 0.1) is 0 Å². The summed E-state index contributed by atoms with van der Waals surface area (Å²) in [6.45, 7) is 5.14. The van der Waals surface area contributed by atoms with Gasteiger partial charge in [-0.15, -0.1) is 0 Å². The van der Waals surface area contributed by atoms with Crippen LogP contribution in [0.25, 0.3) is 0 Å². The molecule has 0 aliphatic heterocycles. The van der Waals surface area contributed by atoms with Crippen LogP contribution < -0.4 is 15.1 Å². The molecule has 2 aromatic carbocycles. The number of nitrogens with one attached hydrogen (secondary N) is 1. The molecule has 6 nitrogen and oxygen atoms in total. The maximum absolute atomic E-state index is 12.8. The highest BCUT2D eigenvalue weighted by Gasteiger charge is 2.21. The van der Waals surface area contributed by atoms with E-state index < -0.39 is 0 Å². The van der Waals surface area contributed by atoms with Gasteiger partial charge in [-0.2, -0.15) is 0 Å². The number of carbonyl (C=O) groups is 3. The van der Waals surface area contributed by atoms with Crippen molar-refractivity contribution >= 4 is 34.8 Å². The molecule has 0 saturated heterocycles. The molecule has 2 rings (SSSR count). The van der Waals surface area contributed by atoms with Crippen LogP contribution in [-0.4, -0.2) is 30.8 Å². The molecule has 26 heavy (non-hydrogen) atoms. The van der Waals surface area contributed by atoms with Crippen molar-refractivity contribution in [2.24, 2.45) is 0 Å². The maximum atomic E-state index is 12.8. The highest BCUT2D eigenvalue weighted by molar-refractivity contribution is 6.03. The lowest BCUT2D eigenvalue weighted by molar-refractivity contribution is -0.121. The lowest BCUT2D eigenvalue weighted by atomic mass is 10.2. The second kappa shape index (κ2) is 8.80. The van der Waals surface area contributed by atoms with Crippen molar-refractivity contribution in [2.45, 2.75) is 20.8 Å². The van der Waals surface area contributed by atoms with Crippen molar-refractivity contribution in [3.8, 4) is 0 Å². The summed E-state index contributed by atoms with van der Waals surface area (Å²) in [6.07, 6.45) is 0. The van der Waals surface area contributed by atoms with Gasteiger partial charge < -0.3 is 15.1 Å². The molecule has 0 saturated carbocycles. The van der Waals surface area contributed by atoms with Crippen molar-refractivity contribution in [1.29, 1.82) is 0 Å². The van der Waals surface area contributed by atoms with Crippen molar-refractivity contribution in [1.82, 2.24) is 0 Å². The molecule has 1 N–H and O–H groups in total. The van der Waals surface area contributed by atoms with Gasteiger partial charge in [0.25, 0.3) is 0 Å². The van der Waals surface area contributed by atoms with Crippen LogP contribution in [0.1, 0.15) is 20.8 Å². The molecule has 0 aromatic heterocycles. The van der Waals surface area contributed by atoms with E-state index in [-0.39, 0.29) is 24.3 Å². The summed E-state index contributed by atoms with van der Waals surface area (Å²) in [4.78, 5) is 39.2. The molecule has 0 radical (unpaired) electrons. The number of hydrogen-bond acceptors (Lipinski definition) is 3. The zero-order chi connectivity index (χ0) is 19.1. The van der Waals surface area contributed by atoms with Crippen LogP contribution in [0.3, 0.4) is 0 Å². The van der Waals surface area contributed by atoms with E-state index in [0.717, 1.165) is 5.69 Å². The number of anilines is 3. The lowest BCUT2D eigenvalue weighted by Crippen LogP contribution is -2.42. The fraction of sp³-hybridized carbons (Fsp3) is 0.250. The molecule has 0 heterocycles. The first-order valence-electron chi connectivity index (χ1n) is 8.43. The minimum atomic E-state index is -0.248. The van der Waals surface area contributed by atoms with Gasteiger partial charge in [0, 0.05) is 37.5 Å². The molecule has 0 bridgehead atoms. The van der Waals surface area contributed by atoms with Crippen molar-refractivity contribution in [3.05, 3.63) is 54.6 Å². The van der Waals surface area contributed by atoms with Crippen molar-refractivity contribution in [3.63, 3.8) is 0 Å². The third-order valence-electron chi connectivity index (χ3n) is 3.84. The average molecular weight is 353 g/mol. The first kappa shape index (κ1) is 19.2. The normalized spacial score (nSPS) is 10.1. The van der Waals surface area contributed by atoms with E-state index in [1.165, 1.54) is 18.7 Å². The van der Waals surface area contributed by atoms with Gasteiger partial charge in [-0.25, -0.2) is 0 Å². The predicted octanol–water partition coefficient (Wildman–Crippen LogP) is 3.05. The fourth-order valence-electron chi connectivity index (χ4n) is 2.67. The van der Waals surface area contributed by atoms with Crippen LogP contribution >= 0.6 is 0 Å². The Kier molecular flexibility index (Phi) is 6.49. The Hall–Kier alpha value is -3.15. The number of amides is 3. The smallest absolute Gasteiger partial charge is 0.247 e. The zero-order valence-corrected chi connectivity index (χ0v) is 15.2. The molecule has 0 fully saturated rings. The third kappa shape index (κ3) is 4.92. The largest absolute Gasteiger partial charge is 0.326 e. The zero-order valence-electron chi connectivity index (χ0n) is 15.2. The van der Waals surface area contributed by atoms with E-state index in [1.807, 2.05) is 37.3 Å². The number of hydrogen-bond donors (Lipinski definition) is 1. The van der Waals surface area contributed by atoms with Gasteiger partial charge in [0.05, 0.1) is 0 Å². The molecule has 6 heteroatoms. The molecule has 0 aliphatic carbocycles. The highest BCUT2D eigenvalue weighted by Crippen LogP contribution is 2.21. The molecule has 0 aliphatic rings. The van der Waals surface area contributed by atoms with Gasteiger partial charge in [0.2, 0.25) is 17.7 Å². The van der Waals surface area contributed by atoms with E-state index >= 15 is 0 Å². The molecular weight excluding hydrogens is 330 g/mol. The average Bonchev–Trinajstić information content (AvgIpc) is 2.60. The van der Waals surface area contributed by atoms with E-state index in [2.05, 4.69) is 5.32 Å². The predicted molar refractivity (Wildman–Crippen MR) is 103 cm³/mol. The van der Waals surface area contributed by atoms with E-state index in [4.69, 9.17) is 0 Å². The Morgan fingerprint density at radius 1 is 0.885 bits per heavy atom. The monoisotopic (exact) mass is 353 g/mol. The summed E-state index contributed by atoms with van der Waals surface area (Å²) in [6, 6.07) is 16.2. The van der Waals surface area contributed by atoms with Crippen molar-refractivity contribution < 1.29 is 14.4 Å². The highest BCUT2D eigenvalue weighted by atomic mass is 16.2. The molecule has 0 spiro atoms. The molecule has 0 atom stereocenters. The van der Waals surface area contributed by atoms with Gasteiger partial charge in [0.1, 0.15) is 6.54 Å². The van der Waals surface area contributed by atoms with E-state index in [9.17, 15) is 14.4 Å². The lowest BCUT2D eigenvalue weighted by Gasteiger charge is -2.26. The Bertz CT molecular complexity index is 790. The van der Waals surface area contributed by atoms with Crippen LogP contribution in [0.5, 0.6) is 0 Å². The van der Waals surface area contributed by atoms with Gasteiger partial charge in [0.15, 0.2) is 0 Å². The van der Waals surface area contributed by atoms with E-state index in [0.29, 0.717) is 17.9 Å². The number of nitrogens with zero attached hydrogens (tertiary/aromatic N) is 2. The standard InChI is InChI=1S/C20H23N3O3/c1-4-22(18-10-6-5-7-11-18)20(26)14-23(16(3)25)19-12-8-9-17(13-19)21-15(2)24/h5-13H,4,14H2,1-3H3,(H,21,24). The minimum absolute atomic E-state index is 0.0818. The van der Waals surface area contributed by atoms with Crippen molar-refractivity contribution in [2.75, 3.05) is 28.2 Å². The van der Waals surface area contributed by atoms with Crippen LogP contribution in [0.2, 0.25) is 0 Å². The Balaban J connectivity index is 2.24. The minimum Gasteiger partial charge on any atom is -0.326 e. The molecule has 0 unspecified atom stereocenters. The summed E-state index contributed by atoms with van der Waals surface area (Å²) in [7, 11) is 0. The second-order valence-corrected chi connectivity index (χ2v) is 5.81. The van der Waals surface area contributed by atoms with Gasteiger partial charge in [-0.1, -0.05) is 24.3 Å². The van der Waals surface area contributed by atoms with Crippen LogP contribution in [-0.2, 0) is 14.4 Å². The second-order valence-electron chi connectivity index (χ2n) is 5.81. The van der Waals surface area contributed by atoms with Crippen LogP contribution in [0.4, 0.5) is 17.1 Å².